The monoisotopic (exact) mass is 410 g/mol. The molecule has 16 radical (unpaired) electrons. The number of rotatable bonds is 6. The van der Waals surface area contributed by atoms with Crippen molar-refractivity contribution in [2.75, 3.05) is 0 Å². The zero-order valence-corrected chi connectivity index (χ0v) is 19.1. The molecule has 132 valence electrons. The summed E-state index contributed by atoms with van der Waals surface area (Å²) in [7, 11) is 0. The van der Waals surface area contributed by atoms with E-state index in [9.17, 15) is 0 Å². The van der Waals surface area contributed by atoms with Crippen molar-refractivity contribution in [1.82, 2.24) is 0 Å². The summed E-state index contributed by atoms with van der Waals surface area (Å²) in [5.74, 6) is 4.40. The third-order valence-corrected chi connectivity index (χ3v) is 3.81. The van der Waals surface area contributed by atoms with E-state index in [-0.39, 0.29) is 32.7 Å². The van der Waals surface area contributed by atoms with Crippen LogP contribution in [0.2, 0.25) is 0 Å². The van der Waals surface area contributed by atoms with Crippen molar-refractivity contribution in [1.29, 1.82) is 0 Å². The van der Waals surface area contributed by atoms with Crippen molar-refractivity contribution in [3.05, 3.63) is 94.8 Å². The van der Waals surface area contributed by atoms with E-state index >= 15 is 0 Å². The maximum atomic E-state index is 2.20. The molecule has 0 nitrogen and oxygen atoms in total. The molecule has 0 heterocycles. The smallest absolute Gasteiger partial charge is 0 e. The second-order valence-electron chi connectivity index (χ2n) is 6.13. The van der Waals surface area contributed by atoms with Crippen LogP contribution in [0.25, 0.3) is 0 Å². The van der Waals surface area contributed by atoms with Crippen LogP contribution in [-0.2, 0) is 32.7 Å². The molecule has 3 fully saturated rings. The molecule has 0 bridgehead atoms. The minimum atomic E-state index is 0. The molecule has 0 saturated heterocycles. The van der Waals surface area contributed by atoms with E-state index in [1.807, 2.05) is 0 Å². The summed E-state index contributed by atoms with van der Waals surface area (Å²) in [5.41, 5.74) is 0. The van der Waals surface area contributed by atoms with Crippen molar-refractivity contribution in [3.8, 4) is 0 Å². The molecule has 3 aliphatic carbocycles. The number of hydrogen-bond donors (Lipinski definition) is 0. The first-order valence-corrected chi connectivity index (χ1v) is 9.41. The Morgan fingerprint density at radius 2 is 0.640 bits per heavy atom. The maximum Gasteiger partial charge on any atom is 0 e. The summed E-state index contributed by atoms with van der Waals surface area (Å²) < 4.78 is 0. The Balaban J connectivity index is 0.000000339. The van der Waals surface area contributed by atoms with Gasteiger partial charge in [0.05, 0.1) is 0 Å². The summed E-state index contributed by atoms with van der Waals surface area (Å²) in [5, 5.41) is 0. The Kier molecular flexibility index (Phi) is 19.3. The van der Waals surface area contributed by atoms with Crippen molar-refractivity contribution in [2.24, 2.45) is 0 Å². The first-order valence-electron chi connectivity index (χ1n) is 9.41. The third-order valence-electron chi connectivity index (χ3n) is 3.81. The van der Waals surface area contributed by atoms with Gasteiger partial charge in [-0.1, -0.05) is 40.0 Å². The molecule has 0 spiro atoms. The molecule has 0 amide bonds. The van der Waals surface area contributed by atoms with Crippen LogP contribution in [0.1, 0.15) is 59.3 Å². The van der Waals surface area contributed by atoms with E-state index in [4.69, 9.17) is 0 Å². The molecule has 0 aromatic rings. The zero-order valence-electron chi connectivity index (χ0n) is 16.2. The summed E-state index contributed by atoms with van der Waals surface area (Å²) in [4.78, 5) is 0. The largest absolute Gasteiger partial charge is 0.0654 e. The Morgan fingerprint density at radius 3 is 0.800 bits per heavy atom. The van der Waals surface area contributed by atoms with Crippen molar-refractivity contribution in [3.63, 3.8) is 0 Å². The second-order valence-corrected chi connectivity index (χ2v) is 6.13. The molecule has 1 heteroatoms. The quantitative estimate of drug-likeness (QED) is 0.464. The molecule has 0 N–H and O–H groups in total. The Labute approximate surface area is 186 Å². The fourth-order valence-corrected chi connectivity index (χ4v) is 2.61. The summed E-state index contributed by atoms with van der Waals surface area (Å²) in [6.45, 7) is 6.60. The average Bonchev–Trinajstić information content (AvgIpc) is 3.33. The van der Waals surface area contributed by atoms with Crippen LogP contribution < -0.4 is 0 Å². The molecule has 0 aromatic heterocycles. The summed E-state index contributed by atoms with van der Waals surface area (Å²) in [6.07, 6.45) is 33.0. The fraction of sp³-hybridized carbons (Fsp3) is 0.375. The Morgan fingerprint density at radius 1 is 0.440 bits per heavy atom. The molecule has 0 atom stereocenters. The van der Waals surface area contributed by atoms with E-state index in [1.165, 1.54) is 56.3 Å². The normalized spacial score (nSPS) is 21.2. The van der Waals surface area contributed by atoms with Crippen molar-refractivity contribution >= 4 is 0 Å². The molecule has 3 rings (SSSR count). The zero-order chi connectivity index (χ0) is 17.5. The van der Waals surface area contributed by atoms with Gasteiger partial charge in [-0.3, -0.25) is 0 Å². The molecular formula is C24H33Y. The maximum absolute atomic E-state index is 2.20. The standard InChI is InChI=1S/3C8H11.Y/c3*1-2-5-8-6-3-4-7-8;/h3*3-4,6-7H,2,5H2,1H3;. The molecule has 3 saturated carbocycles. The van der Waals surface area contributed by atoms with Gasteiger partial charge in [0.1, 0.15) is 0 Å². The van der Waals surface area contributed by atoms with Gasteiger partial charge in [0.25, 0.3) is 0 Å². The minimum absolute atomic E-state index is 0. The molecule has 25 heavy (non-hydrogen) atoms. The van der Waals surface area contributed by atoms with E-state index < -0.39 is 0 Å². The van der Waals surface area contributed by atoms with Crippen molar-refractivity contribution < 1.29 is 32.7 Å². The van der Waals surface area contributed by atoms with E-state index in [1.54, 1.807) is 0 Å². The van der Waals surface area contributed by atoms with E-state index in [2.05, 4.69) is 97.8 Å². The van der Waals surface area contributed by atoms with Crippen LogP contribution in [0, 0.1) is 94.8 Å². The van der Waals surface area contributed by atoms with Crippen LogP contribution in [-0.4, -0.2) is 0 Å². The Hall–Kier alpha value is 1.10. The van der Waals surface area contributed by atoms with Gasteiger partial charge < -0.3 is 0 Å². The molecule has 3 aliphatic rings. The van der Waals surface area contributed by atoms with Crippen LogP contribution in [0.4, 0.5) is 0 Å². The SMILES string of the molecule is CCC[C]1[CH][CH][CH][CH]1.CCC[C]1[CH][CH][CH][CH]1.CCC[C]1[CH][CH][CH][CH]1.[Y]. The summed E-state index contributed by atoms with van der Waals surface area (Å²) >= 11 is 0. The molecule has 0 aliphatic heterocycles. The molecule has 0 aromatic carbocycles. The van der Waals surface area contributed by atoms with Gasteiger partial charge in [-0.15, -0.1) is 0 Å². The van der Waals surface area contributed by atoms with Gasteiger partial charge in [-0.2, -0.15) is 0 Å². The van der Waals surface area contributed by atoms with Crippen LogP contribution in [0.5, 0.6) is 0 Å². The second kappa shape index (κ2) is 18.5. The van der Waals surface area contributed by atoms with E-state index in [0.717, 1.165) is 0 Å². The van der Waals surface area contributed by atoms with Crippen molar-refractivity contribution in [2.45, 2.75) is 59.3 Å². The van der Waals surface area contributed by atoms with Gasteiger partial charge >= 0.3 is 0 Å². The van der Waals surface area contributed by atoms with Gasteiger partial charge in [0, 0.05) is 32.7 Å². The summed E-state index contributed by atoms with van der Waals surface area (Å²) in [6, 6.07) is 0. The van der Waals surface area contributed by atoms with E-state index in [0.29, 0.717) is 0 Å². The van der Waals surface area contributed by atoms with Gasteiger partial charge in [0.15, 0.2) is 0 Å². The van der Waals surface area contributed by atoms with Gasteiger partial charge in [0.2, 0.25) is 0 Å². The topological polar surface area (TPSA) is 0 Å². The van der Waals surface area contributed by atoms with Gasteiger partial charge in [-0.25, -0.2) is 0 Å². The van der Waals surface area contributed by atoms with Gasteiger partial charge in [-0.05, 0) is 114 Å². The minimum Gasteiger partial charge on any atom is -0.0654 e. The third kappa shape index (κ3) is 13.9. The first kappa shape index (κ1) is 26.1. The first-order chi connectivity index (χ1) is 11.8. The predicted molar refractivity (Wildman–Crippen MR) is 106 cm³/mol. The average molecular weight is 410 g/mol. The molecular weight excluding hydrogens is 377 g/mol. The van der Waals surface area contributed by atoms with Crippen LogP contribution in [0.3, 0.4) is 0 Å². The number of hydrogen-bond acceptors (Lipinski definition) is 0. The molecule has 0 unspecified atom stereocenters. The van der Waals surface area contributed by atoms with Crippen LogP contribution >= 0.6 is 0 Å². The van der Waals surface area contributed by atoms with Crippen LogP contribution in [0.15, 0.2) is 0 Å². The Bertz CT molecular complexity index is 202. The fourth-order valence-electron chi connectivity index (χ4n) is 2.61. The predicted octanol–water partition coefficient (Wildman–Crippen LogP) is 6.57.